The molecule has 2 aliphatic heterocycles. The molecule has 0 saturated carbocycles. The lowest BCUT2D eigenvalue weighted by molar-refractivity contribution is -0.151. The maximum absolute atomic E-state index is 11.4. The predicted molar refractivity (Wildman–Crippen MR) is 186 cm³/mol. The van der Waals surface area contributed by atoms with Gasteiger partial charge < -0.3 is 36.5 Å². The molecule has 0 radical (unpaired) electrons. The molecule has 6 heterocycles. The van der Waals surface area contributed by atoms with E-state index in [2.05, 4.69) is 68.7 Å². The van der Waals surface area contributed by atoms with Gasteiger partial charge in [-0.3, -0.25) is 13.9 Å². The third-order valence-corrected chi connectivity index (χ3v) is 9.78. The van der Waals surface area contributed by atoms with Gasteiger partial charge in [-0.1, -0.05) is 66.5 Å². The molecule has 18 heteroatoms. The van der Waals surface area contributed by atoms with Crippen molar-refractivity contribution in [1.82, 2.24) is 39.0 Å². The van der Waals surface area contributed by atoms with Gasteiger partial charge in [0.2, 0.25) is 0 Å². The lowest BCUT2D eigenvalue weighted by Gasteiger charge is -2.21. The van der Waals surface area contributed by atoms with E-state index in [0.717, 1.165) is 19.4 Å². The number of carbonyl (C=O) groups is 1. The highest BCUT2D eigenvalue weighted by Gasteiger charge is 2.46. The van der Waals surface area contributed by atoms with Gasteiger partial charge in [-0.25, -0.2) is 29.9 Å². The Hall–Kier alpha value is -3.03. The number of anilines is 2. The number of fused-ring (bicyclic) bond motifs is 2. The molecule has 2 aliphatic rings. The minimum atomic E-state index is -0.668. The summed E-state index contributed by atoms with van der Waals surface area (Å²) < 4.78 is 20.7. The Morgan fingerprint density at radius 1 is 0.872 bits per heavy atom. The Bertz CT molecular complexity index is 1590. The average molecular weight is 788 g/mol. The van der Waals surface area contributed by atoms with Crippen LogP contribution in [0.25, 0.3) is 22.3 Å². The quantitative estimate of drug-likeness (QED) is 0.155. The van der Waals surface area contributed by atoms with Crippen molar-refractivity contribution in [1.29, 1.82) is 0 Å². The second-order valence-corrected chi connectivity index (χ2v) is 12.8. The van der Waals surface area contributed by atoms with E-state index in [9.17, 15) is 9.90 Å². The van der Waals surface area contributed by atoms with Crippen molar-refractivity contribution in [2.45, 2.75) is 107 Å². The van der Waals surface area contributed by atoms with Crippen LogP contribution in [0.3, 0.4) is 0 Å². The van der Waals surface area contributed by atoms with E-state index in [1.54, 1.807) is 21.8 Å². The fourth-order valence-corrected chi connectivity index (χ4v) is 6.77. The number of ether oxygens (including phenoxy) is 3. The highest BCUT2D eigenvalue weighted by molar-refractivity contribution is 9.09. The Balaban J connectivity index is 0.000000221. The summed E-state index contributed by atoms with van der Waals surface area (Å²) in [5.41, 5.74) is 18.8. The van der Waals surface area contributed by atoms with Gasteiger partial charge in [-0.15, -0.1) is 0 Å². The Morgan fingerprint density at radius 2 is 1.36 bits per heavy atom. The third kappa shape index (κ3) is 8.34. The molecule has 7 N–H and O–H groups in total. The summed E-state index contributed by atoms with van der Waals surface area (Å²) >= 11 is 7.04. The van der Waals surface area contributed by atoms with Gasteiger partial charge in [0.05, 0.1) is 34.5 Å². The second kappa shape index (κ2) is 17.4. The number of nitrogens with two attached hydrogens (primary N) is 3. The van der Waals surface area contributed by atoms with Crippen molar-refractivity contribution in [2.24, 2.45) is 5.73 Å². The van der Waals surface area contributed by atoms with E-state index in [1.165, 1.54) is 32.4 Å². The lowest BCUT2D eigenvalue weighted by atomic mass is 10.1. The fraction of sp³-hybridized carbons (Fsp3) is 0.621. The number of hydrogen-bond donors (Lipinski definition) is 4. The summed E-state index contributed by atoms with van der Waals surface area (Å²) in [5.74, 6) is 0.255. The van der Waals surface area contributed by atoms with E-state index in [-0.39, 0.29) is 35.3 Å². The molecule has 0 spiro atoms. The number of halogens is 2. The molecule has 16 nitrogen and oxygen atoms in total. The number of nitrogens with zero attached hydrogens (tertiary/aromatic N) is 8. The SMILES string of the molecule is C.CCCCN.CC[C@H]1O[C@@H](n2cnc3c(N)ncnc32)[C@H](O)[C@H]1Br.CC[C@H]1O[C@@H](n2cnc3c(N)ncnc32)[C@H](OC(C)=O)[C@H]1Br. The largest absolute Gasteiger partial charge is 0.456 e. The van der Waals surface area contributed by atoms with Gasteiger partial charge >= 0.3 is 5.97 Å². The maximum atomic E-state index is 11.4. The van der Waals surface area contributed by atoms with Crippen LogP contribution < -0.4 is 17.2 Å². The number of alkyl halides is 2. The summed E-state index contributed by atoms with van der Waals surface area (Å²) in [5, 5.41) is 10.3. The van der Waals surface area contributed by atoms with Gasteiger partial charge in [0, 0.05) is 6.92 Å². The third-order valence-electron chi connectivity index (χ3n) is 7.54. The fourth-order valence-electron chi connectivity index (χ4n) is 5.14. The number of aliphatic hydroxyl groups excluding tert-OH is 1. The van der Waals surface area contributed by atoms with Crippen molar-refractivity contribution in [3.63, 3.8) is 0 Å². The van der Waals surface area contributed by atoms with E-state index in [1.807, 2.05) is 13.8 Å². The molecule has 47 heavy (non-hydrogen) atoms. The van der Waals surface area contributed by atoms with Crippen molar-refractivity contribution >= 4 is 71.8 Å². The van der Waals surface area contributed by atoms with E-state index < -0.39 is 24.7 Å². The number of nitrogen functional groups attached to an aromatic ring is 2. The van der Waals surface area contributed by atoms with E-state index in [0.29, 0.717) is 34.0 Å². The number of carbonyl (C=O) groups excluding carboxylic acids is 1. The Labute approximate surface area is 290 Å². The van der Waals surface area contributed by atoms with Crippen LogP contribution in [0.2, 0.25) is 0 Å². The van der Waals surface area contributed by atoms with Crippen LogP contribution >= 0.6 is 31.9 Å². The molecule has 0 aromatic carbocycles. The summed E-state index contributed by atoms with van der Waals surface area (Å²) in [6.07, 6.45) is 7.57. The van der Waals surface area contributed by atoms with Crippen molar-refractivity contribution in [3.8, 4) is 0 Å². The number of imidazole rings is 2. The standard InChI is InChI=1S/C13H16BrN5O3.C11H14BrN5O2.C4H11N.CH4/c1-3-7-8(14)10(21-6(2)20)13(22-7)19-5-18-9-11(15)16-4-17-12(9)19;1-2-5-6(12)8(18)11(19-5)17-4-16-7-9(13)14-3-15-10(7)17;1-2-3-4-5;/h4-5,7-8,10,13H,3H2,1-2H3,(H2,15,16,17);3-6,8,11,18H,2H2,1H3,(H2,13,14,15);2-5H2,1H3;1H4/t7-,8+,10-,13-;5-,6+,8-,11-;;/m11../s1. The number of aliphatic hydroxyl groups is 1. The van der Waals surface area contributed by atoms with Crippen molar-refractivity contribution in [2.75, 3.05) is 18.0 Å². The average Bonchev–Trinajstić information content (AvgIpc) is 3.80. The summed E-state index contributed by atoms with van der Waals surface area (Å²) in [6.45, 7) is 8.38. The zero-order valence-electron chi connectivity index (χ0n) is 26.1. The molecule has 260 valence electrons. The maximum Gasteiger partial charge on any atom is 0.303 e. The molecule has 4 aromatic rings. The number of unbranched alkanes of at least 4 members (excludes halogenated alkanes) is 1. The first-order chi connectivity index (χ1) is 22.1. The first-order valence-corrected chi connectivity index (χ1v) is 16.9. The minimum absolute atomic E-state index is 0. The minimum Gasteiger partial charge on any atom is -0.456 e. The summed E-state index contributed by atoms with van der Waals surface area (Å²) in [6, 6.07) is 0. The van der Waals surface area contributed by atoms with Crippen LogP contribution in [0.1, 0.15) is 73.3 Å². The highest BCUT2D eigenvalue weighted by Crippen LogP contribution is 2.39. The number of aromatic nitrogens is 8. The number of esters is 1. The molecule has 2 saturated heterocycles. The van der Waals surface area contributed by atoms with E-state index in [4.69, 9.17) is 31.4 Å². The number of rotatable bonds is 7. The first-order valence-electron chi connectivity index (χ1n) is 15.1. The Morgan fingerprint density at radius 3 is 1.79 bits per heavy atom. The molecule has 4 aromatic heterocycles. The van der Waals surface area contributed by atoms with Crippen molar-refractivity contribution < 1.29 is 24.1 Å². The van der Waals surface area contributed by atoms with Gasteiger partial charge in [0.15, 0.2) is 41.5 Å². The topological polar surface area (TPSA) is 230 Å². The van der Waals surface area contributed by atoms with Crippen LogP contribution in [0.4, 0.5) is 11.6 Å². The zero-order chi connectivity index (χ0) is 33.5. The van der Waals surface area contributed by atoms with Gasteiger partial charge in [0.25, 0.3) is 0 Å². The Kier molecular flexibility index (Phi) is 14.2. The highest BCUT2D eigenvalue weighted by atomic mass is 79.9. The van der Waals surface area contributed by atoms with Crippen molar-refractivity contribution in [3.05, 3.63) is 25.3 Å². The van der Waals surface area contributed by atoms with Crippen LogP contribution in [-0.4, -0.2) is 90.7 Å². The molecular weight excluding hydrogens is 742 g/mol. The molecular formula is C29H45Br2N11O5. The van der Waals surface area contributed by atoms with Crippen LogP contribution in [0.15, 0.2) is 25.3 Å². The smallest absolute Gasteiger partial charge is 0.303 e. The van der Waals surface area contributed by atoms with Crippen LogP contribution in [0.5, 0.6) is 0 Å². The summed E-state index contributed by atoms with van der Waals surface area (Å²) in [4.78, 5) is 35.8. The van der Waals surface area contributed by atoms with E-state index >= 15 is 0 Å². The van der Waals surface area contributed by atoms with Crippen LogP contribution in [0, 0.1) is 0 Å². The van der Waals surface area contributed by atoms with Gasteiger partial charge in [-0.2, -0.15) is 0 Å². The molecule has 6 rings (SSSR count). The normalized spacial score (nSPS) is 26.6. The first kappa shape index (κ1) is 38.4. The summed E-state index contributed by atoms with van der Waals surface area (Å²) in [7, 11) is 0. The lowest BCUT2D eigenvalue weighted by Crippen LogP contribution is -2.31. The molecule has 0 amide bonds. The second-order valence-electron chi connectivity index (χ2n) is 10.7. The molecule has 0 aliphatic carbocycles. The van der Waals surface area contributed by atoms with Gasteiger partial charge in [0.1, 0.15) is 29.8 Å². The number of hydrogen-bond acceptors (Lipinski definition) is 14. The van der Waals surface area contributed by atoms with Gasteiger partial charge in [-0.05, 0) is 25.8 Å². The molecule has 8 atom stereocenters. The molecule has 2 fully saturated rings. The predicted octanol–water partition coefficient (Wildman–Crippen LogP) is 3.63. The molecule has 0 unspecified atom stereocenters. The molecule has 0 bridgehead atoms. The zero-order valence-corrected chi connectivity index (χ0v) is 29.3. The monoisotopic (exact) mass is 785 g/mol. The van der Waals surface area contributed by atoms with Crippen LogP contribution in [-0.2, 0) is 19.0 Å².